The Hall–Kier alpha value is -1.92. The number of carbonyl (C=O) groups excluding carboxylic acids is 1. The maximum Gasteiger partial charge on any atom is 0.323 e. The Morgan fingerprint density at radius 2 is 2.12 bits per heavy atom. The van der Waals surface area contributed by atoms with Crippen LogP contribution in [0, 0.1) is 6.92 Å². The zero-order valence-corrected chi connectivity index (χ0v) is 9.39. The van der Waals surface area contributed by atoms with Crippen LogP contribution in [0.2, 0.25) is 0 Å². The third-order valence-corrected chi connectivity index (χ3v) is 1.98. The summed E-state index contributed by atoms with van der Waals surface area (Å²) >= 11 is 0. The lowest BCUT2D eigenvalue weighted by atomic mass is 10.3. The second-order valence-electron chi connectivity index (χ2n) is 3.66. The van der Waals surface area contributed by atoms with Gasteiger partial charge >= 0.3 is 5.97 Å². The molecule has 1 amide bonds. The van der Waals surface area contributed by atoms with Crippen LogP contribution in [0.3, 0.4) is 0 Å². The molecule has 0 atom stereocenters. The average molecular weight is 226 g/mol. The third-order valence-electron chi connectivity index (χ3n) is 1.98. The molecule has 16 heavy (non-hydrogen) atoms. The van der Waals surface area contributed by atoms with E-state index in [9.17, 15) is 9.59 Å². The molecule has 0 fully saturated rings. The van der Waals surface area contributed by atoms with Crippen molar-refractivity contribution in [1.82, 2.24) is 20.1 Å². The molecule has 1 aromatic heterocycles. The first-order valence-electron chi connectivity index (χ1n) is 4.83. The monoisotopic (exact) mass is 226 g/mol. The summed E-state index contributed by atoms with van der Waals surface area (Å²) in [7, 11) is 0. The number of hydrogen-bond donors (Lipinski definition) is 2. The minimum atomic E-state index is -1.06. The number of amides is 1. The van der Waals surface area contributed by atoms with E-state index < -0.39 is 11.9 Å². The van der Waals surface area contributed by atoms with Crippen molar-refractivity contribution in [3.05, 3.63) is 11.6 Å². The van der Waals surface area contributed by atoms with Gasteiger partial charge in [0, 0.05) is 6.04 Å². The van der Waals surface area contributed by atoms with Gasteiger partial charge in [-0.25, -0.2) is 4.98 Å². The number of nitrogens with one attached hydrogen (secondary N) is 1. The molecule has 0 aliphatic carbocycles. The van der Waals surface area contributed by atoms with Crippen LogP contribution in [0.25, 0.3) is 0 Å². The van der Waals surface area contributed by atoms with Gasteiger partial charge in [-0.2, -0.15) is 0 Å². The number of aryl methyl sites for hydroxylation is 1. The highest BCUT2D eigenvalue weighted by Gasteiger charge is 2.24. The summed E-state index contributed by atoms with van der Waals surface area (Å²) in [5, 5.41) is 14.9. The predicted octanol–water partition coefficient (Wildman–Crippen LogP) is 0.0483. The van der Waals surface area contributed by atoms with Crippen molar-refractivity contribution in [1.29, 1.82) is 0 Å². The van der Waals surface area contributed by atoms with E-state index in [0.717, 1.165) is 0 Å². The Bertz CT molecular complexity index is 399. The first-order valence-corrected chi connectivity index (χ1v) is 4.83. The topological polar surface area (TPSA) is 99.2 Å². The number of aromatic amines is 1. The molecule has 1 rings (SSSR count). The first-order chi connectivity index (χ1) is 7.41. The van der Waals surface area contributed by atoms with Crippen LogP contribution in [0.1, 0.15) is 30.3 Å². The number of hydrogen-bond acceptors (Lipinski definition) is 4. The number of carbonyl (C=O) groups is 2. The number of aliphatic carboxylic acids is 1. The van der Waals surface area contributed by atoms with E-state index in [1.807, 2.05) is 0 Å². The molecule has 1 aromatic rings. The molecule has 1 heterocycles. The maximum absolute atomic E-state index is 11.9. The van der Waals surface area contributed by atoms with Crippen molar-refractivity contribution in [2.45, 2.75) is 26.8 Å². The van der Waals surface area contributed by atoms with Crippen LogP contribution >= 0.6 is 0 Å². The Labute approximate surface area is 92.5 Å². The molecule has 0 saturated heterocycles. The fourth-order valence-electron chi connectivity index (χ4n) is 1.20. The molecule has 88 valence electrons. The van der Waals surface area contributed by atoms with Crippen molar-refractivity contribution in [2.75, 3.05) is 6.54 Å². The van der Waals surface area contributed by atoms with Crippen LogP contribution in [0.5, 0.6) is 0 Å². The summed E-state index contributed by atoms with van der Waals surface area (Å²) in [4.78, 5) is 27.5. The highest BCUT2D eigenvalue weighted by molar-refractivity contribution is 5.92. The third kappa shape index (κ3) is 2.78. The molecule has 0 aliphatic heterocycles. The van der Waals surface area contributed by atoms with E-state index in [-0.39, 0.29) is 18.4 Å². The molecule has 7 heteroatoms. The lowest BCUT2D eigenvalue weighted by molar-refractivity contribution is -0.138. The van der Waals surface area contributed by atoms with Gasteiger partial charge in [0.2, 0.25) is 5.82 Å². The number of nitrogens with zero attached hydrogens (tertiary/aromatic N) is 3. The standard InChI is InChI=1S/C9H14N4O3/c1-5(2)13(4-7(14)15)9(16)8-10-6(3)11-12-8/h5H,4H2,1-3H3,(H,14,15)(H,10,11,12). The lowest BCUT2D eigenvalue weighted by Crippen LogP contribution is -2.41. The average Bonchev–Trinajstić information content (AvgIpc) is 2.59. The predicted molar refractivity (Wildman–Crippen MR) is 54.9 cm³/mol. The Morgan fingerprint density at radius 1 is 1.50 bits per heavy atom. The SMILES string of the molecule is Cc1nc(C(=O)N(CC(=O)O)C(C)C)n[nH]1. The Morgan fingerprint density at radius 3 is 2.50 bits per heavy atom. The molecule has 0 aliphatic rings. The van der Waals surface area contributed by atoms with Gasteiger partial charge in [0.15, 0.2) is 0 Å². The van der Waals surface area contributed by atoms with E-state index in [1.54, 1.807) is 20.8 Å². The van der Waals surface area contributed by atoms with E-state index in [1.165, 1.54) is 4.90 Å². The first kappa shape index (κ1) is 12.2. The fourth-order valence-corrected chi connectivity index (χ4v) is 1.20. The highest BCUT2D eigenvalue weighted by Crippen LogP contribution is 2.04. The van der Waals surface area contributed by atoms with Crippen LogP contribution in [-0.2, 0) is 4.79 Å². The smallest absolute Gasteiger partial charge is 0.323 e. The molecule has 0 aromatic carbocycles. The van der Waals surface area contributed by atoms with E-state index >= 15 is 0 Å². The minimum Gasteiger partial charge on any atom is -0.480 e. The molecule has 2 N–H and O–H groups in total. The van der Waals surface area contributed by atoms with Gasteiger partial charge in [-0.05, 0) is 20.8 Å². The molecule has 0 bridgehead atoms. The summed E-state index contributed by atoms with van der Waals surface area (Å²) < 4.78 is 0. The van der Waals surface area contributed by atoms with Crippen LogP contribution in [0.15, 0.2) is 0 Å². The van der Waals surface area contributed by atoms with Crippen molar-refractivity contribution in [3.63, 3.8) is 0 Å². The number of aromatic nitrogens is 3. The minimum absolute atomic E-state index is 0.00699. The summed E-state index contributed by atoms with van der Waals surface area (Å²) in [6.45, 7) is 4.78. The van der Waals surface area contributed by atoms with Gasteiger partial charge in [0.05, 0.1) is 0 Å². The summed E-state index contributed by atoms with van der Waals surface area (Å²) in [5.74, 6) is -1.04. The van der Waals surface area contributed by atoms with E-state index in [0.29, 0.717) is 5.82 Å². The number of carboxylic acids is 1. The zero-order valence-electron chi connectivity index (χ0n) is 9.39. The molecule has 0 unspecified atom stereocenters. The molecule has 0 radical (unpaired) electrons. The molecule has 0 saturated carbocycles. The second-order valence-corrected chi connectivity index (χ2v) is 3.66. The van der Waals surface area contributed by atoms with Gasteiger partial charge in [-0.1, -0.05) is 0 Å². The molecular formula is C9H14N4O3. The van der Waals surface area contributed by atoms with Crippen LogP contribution < -0.4 is 0 Å². The van der Waals surface area contributed by atoms with Crippen molar-refractivity contribution >= 4 is 11.9 Å². The van der Waals surface area contributed by atoms with E-state index in [2.05, 4.69) is 15.2 Å². The van der Waals surface area contributed by atoms with Gasteiger partial charge in [0.25, 0.3) is 5.91 Å². The van der Waals surface area contributed by atoms with Gasteiger partial charge in [-0.15, -0.1) is 5.10 Å². The van der Waals surface area contributed by atoms with Gasteiger partial charge in [0.1, 0.15) is 12.4 Å². The largest absolute Gasteiger partial charge is 0.480 e. The Balaban J connectivity index is 2.87. The van der Waals surface area contributed by atoms with Crippen molar-refractivity contribution in [3.8, 4) is 0 Å². The van der Waals surface area contributed by atoms with Crippen LogP contribution in [-0.4, -0.2) is 49.7 Å². The summed E-state index contributed by atoms with van der Waals surface area (Å²) in [5.41, 5.74) is 0. The molecule has 7 nitrogen and oxygen atoms in total. The number of carboxylic acid groups (broad SMARTS) is 1. The van der Waals surface area contributed by atoms with Crippen molar-refractivity contribution in [2.24, 2.45) is 0 Å². The highest BCUT2D eigenvalue weighted by atomic mass is 16.4. The lowest BCUT2D eigenvalue weighted by Gasteiger charge is -2.23. The second kappa shape index (κ2) is 4.73. The molecular weight excluding hydrogens is 212 g/mol. The zero-order chi connectivity index (χ0) is 12.3. The quantitative estimate of drug-likeness (QED) is 0.755. The fraction of sp³-hybridized carbons (Fsp3) is 0.556. The Kier molecular flexibility index (Phi) is 3.60. The van der Waals surface area contributed by atoms with Gasteiger partial charge < -0.3 is 10.0 Å². The maximum atomic E-state index is 11.9. The summed E-state index contributed by atoms with van der Waals surface area (Å²) in [6.07, 6.45) is 0. The summed E-state index contributed by atoms with van der Waals surface area (Å²) in [6, 6.07) is -0.220. The normalized spacial score (nSPS) is 10.5. The van der Waals surface area contributed by atoms with Crippen molar-refractivity contribution < 1.29 is 14.7 Å². The van der Waals surface area contributed by atoms with E-state index in [4.69, 9.17) is 5.11 Å². The van der Waals surface area contributed by atoms with Gasteiger partial charge in [-0.3, -0.25) is 14.7 Å². The van der Waals surface area contributed by atoms with Crippen LogP contribution in [0.4, 0.5) is 0 Å². The number of rotatable bonds is 4. The number of H-pyrrole nitrogens is 1. The molecule has 0 spiro atoms.